The number of carbonyl (C=O) groups is 1. The van der Waals surface area contributed by atoms with Gasteiger partial charge in [0.05, 0.1) is 24.8 Å². The maximum Gasteiger partial charge on any atom is 0.356 e. The fourth-order valence-electron chi connectivity index (χ4n) is 6.06. The molecule has 2 aromatic heterocycles. The van der Waals surface area contributed by atoms with Gasteiger partial charge in [-0.3, -0.25) is 4.90 Å². The van der Waals surface area contributed by atoms with Gasteiger partial charge in [-0.05, 0) is 62.5 Å². The Labute approximate surface area is 246 Å². The third-order valence-electron chi connectivity index (χ3n) is 8.39. The molecule has 3 aliphatic heterocycles. The van der Waals surface area contributed by atoms with Crippen molar-refractivity contribution in [3.8, 4) is 11.5 Å². The van der Waals surface area contributed by atoms with Crippen LogP contribution in [0.5, 0.6) is 11.5 Å². The molecule has 3 aliphatic rings. The molecular weight excluding hydrogens is 565 g/mol. The molecule has 0 aliphatic carbocycles. The van der Waals surface area contributed by atoms with Crippen molar-refractivity contribution in [1.82, 2.24) is 24.6 Å². The third kappa shape index (κ3) is 4.85. The minimum atomic E-state index is -1.29. The number of carboxylic acids is 1. The first-order chi connectivity index (χ1) is 20.3. The summed E-state index contributed by atoms with van der Waals surface area (Å²) in [6.07, 6.45) is 2.83. The highest BCUT2D eigenvalue weighted by molar-refractivity contribution is 6.30. The molecule has 0 amide bonds. The Bertz CT molecular complexity index is 1690. The number of imidazole rings is 1. The lowest BCUT2D eigenvalue weighted by Crippen LogP contribution is -2.35. The number of aromatic carboxylic acids is 1. The molecule has 2 aromatic carbocycles. The lowest BCUT2D eigenvalue weighted by molar-refractivity contribution is -0.0712. The fraction of sp³-hybridized carbons (Fsp3) is 0.400. The Balaban J connectivity index is 1.08. The summed E-state index contributed by atoms with van der Waals surface area (Å²) >= 11 is 5.96. The van der Waals surface area contributed by atoms with Crippen LogP contribution < -0.4 is 9.47 Å². The minimum Gasteiger partial charge on any atom is -0.476 e. The fourth-order valence-corrected chi connectivity index (χ4v) is 6.22. The summed E-state index contributed by atoms with van der Waals surface area (Å²) in [4.78, 5) is 18.5. The normalized spacial score (nSPS) is 22.4. The van der Waals surface area contributed by atoms with Gasteiger partial charge in [-0.15, -0.1) is 10.2 Å². The Kier molecular flexibility index (Phi) is 6.75. The number of piperidine rings is 1. The topological polar surface area (TPSA) is 112 Å². The van der Waals surface area contributed by atoms with Crippen LogP contribution >= 0.6 is 11.6 Å². The first-order valence-electron chi connectivity index (χ1n) is 14.0. The molecule has 2 fully saturated rings. The molecule has 0 radical (unpaired) electrons. The van der Waals surface area contributed by atoms with Crippen LogP contribution in [0.2, 0.25) is 5.02 Å². The summed E-state index contributed by atoms with van der Waals surface area (Å²) in [6, 6.07) is 11.8. The standard InChI is InChI=1S/C30H29ClFN5O5/c1-30(21-6-5-18(31)13-22(21)32)41-25-4-2-3-20(27(25)42-30)17-7-10-36(11-8-17)16-26-33-23-14-24(29(38)39)34-35-28(23)37(26)15-19-9-12-40-19/h2-6,13-14,17,19H,7-12,15-16H2,1H3,(H,38,39). The molecule has 7 rings (SSSR count). The number of para-hydroxylation sites is 1. The molecular formula is C30H29ClFN5O5. The summed E-state index contributed by atoms with van der Waals surface area (Å²) in [7, 11) is 0. The predicted molar refractivity (Wildman–Crippen MR) is 150 cm³/mol. The molecule has 5 heterocycles. The molecule has 10 nitrogen and oxygen atoms in total. The van der Waals surface area contributed by atoms with Gasteiger partial charge >= 0.3 is 5.97 Å². The summed E-state index contributed by atoms with van der Waals surface area (Å²) < 4.78 is 35.0. The second kappa shape index (κ2) is 10.5. The van der Waals surface area contributed by atoms with E-state index in [1.165, 1.54) is 12.1 Å². The van der Waals surface area contributed by atoms with E-state index in [9.17, 15) is 14.3 Å². The molecule has 0 bridgehead atoms. The first kappa shape index (κ1) is 27.1. The van der Waals surface area contributed by atoms with E-state index < -0.39 is 17.6 Å². The van der Waals surface area contributed by atoms with Crippen LogP contribution in [0.25, 0.3) is 11.2 Å². The average Bonchev–Trinajstić information content (AvgIpc) is 3.47. The Hall–Kier alpha value is -3.80. The zero-order valence-corrected chi connectivity index (χ0v) is 23.7. The minimum absolute atomic E-state index is 0.0854. The molecule has 2 atom stereocenters. The average molecular weight is 594 g/mol. The number of halogens is 2. The van der Waals surface area contributed by atoms with Crippen LogP contribution in [0.3, 0.4) is 0 Å². The smallest absolute Gasteiger partial charge is 0.356 e. The van der Waals surface area contributed by atoms with Gasteiger partial charge in [-0.1, -0.05) is 23.7 Å². The summed E-state index contributed by atoms with van der Waals surface area (Å²) in [6.45, 7) is 5.31. The number of hydrogen-bond acceptors (Lipinski definition) is 8. The molecule has 12 heteroatoms. The monoisotopic (exact) mass is 593 g/mol. The van der Waals surface area contributed by atoms with Crippen LogP contribution in [-0.4, -0.2) is 61.5 Å². The predicted octanol–water partition coefficient (Wildman–Crippen LogP) is 5.13. The Morgan fingerprint density at radius 1 is 1.14 bits per heavy atom. The number of aromatic nitrogens is 4. The quantitative estimate of drug-likeness (QED) is 0.312. The van der Waals surface area contributed by atoms with Gasteiger partial charge in [0.25, 0.3) is 5.79 Å². The van der Waals surface area contributed by atoms with Crippen molar-refractivity contribution in [3.63, 3.8) is 0 Å². The molecule has 42 heavy (non-hydrogen) atoms. The number of benzene rings is 2. The number of carboxylic acid groups (broad SMARTS) is 1. The second-order valence-corrected chi connectivity index (χ2v) is 11.6. The van der Waals surface area contributed by atoms with Crippen molar-refractivity contribution in [2.24, 2.45) is 0 Å². The summed E-state index contributed by atoms with van der Waals surface area (Å²) in [5, 5.41) is 17.7. The molecule has 0 spiro atoms. The first-order valence-corrected chi connectivity index (χ1v) is 14.4. The van der Waals surface area contributed by atoms with Crippen molar-refractivity contribution in [3.05, 3.63) is 75.9 Å². The summed E-state index contributed by atoms with van der Waals surface area (Å²) in [5.41, 5.74) is 2.30. The lowest BCUT2D eigenvalue weighted by atomic mass is 9.88. The second-order valence-electron chi connectivity index (χ2n) is 11.2. The molecule has 4 aromatic rings. The highest BCUT2D eigenvalue weighted by Gasteiger charge is 2.43. The van der Waals surface area contributed by atoms with E-state index in [0.29, 0.717) is 46.3 Å². The van der Waals surface area contributed by atoms with E-state index >= 15 is 0 Å². The maximum atomic E-state index is 14.8. The van der Waals surface area contributed by atoms with Crippen LogP contribution in [0.15, 0.2) is 42.5 Å². The van der Waals surface area contributed by atoms with Crippen LogP contribution in [0.4, 0.5) is 4.39 Å². The molecule has 1 N–H and O–H groups in total. The highest BCUT2D eigenvalue weighted by atomic mass is 35.5. The van der Waals surface area contributed by atoms with Gasteiger partial charge in [-0.2, -0.15) is 0 Å². The van der Waals surface area contributed by atoms with Crippen molar-refractivity contribution in [2.75, 3.05) is 19.7 Å². The van der Waals surface area contributed by atoms with E-state index in [0.717, 1.165) is 50.3 Å². The third-order valence-corrected chi connectivity index (χ3v) is 8.63. The van der Waals surface area contributed by atoms with E-state index in [-0.39, 0.29) is 17.7 Å². The van der Waals surface area contributed by atoms with Gasteiger partial charge < -0.3 is 23.9 Å². The van der Waals surface area contributed by atoms with Gasteiger partial charge in [0, 0.05) is 30.2 Å². The molecule has 218 valence electrons. The Morgan fingerprint density at radius 3 is 2.67 bits per heavy atom. The zero-order chi connectivity index (χ0) is 29.0. The SMILES string of the molecule is CC1(c2ccc(Cl)cc2F)Oc2cccc(C3CCN(Cc4nc5cc(C(=O)O)nnc5n4CC4CCO4)CC3)c2O1. The van der Waals surface area contributed by atoms with Crippen molar-refractivity contribution in [2.45, 2.75) is 57.1 Å². The maximum absolute atomic E-state index is 14.8. The zero-order valence-electron chi connectivity index (χ0n) is 22.9. The van der Waals surface area contributed by atoms with Crippen LogP contribution in [0, 0.1) is 5.82 Å². The number of likely N-dealkylation sites (tertiary alicyclic amines) is 1. The number of rotatable bonds is 7. The van der Waals surface area contributed by atoms with Gasteiger partial charge in [0.1, 0.15) is 17.2 Å². The molecule has 2 saturated heterocycles. The molecule has 0 saturated carbocycles. The lowest BCUT2D eigenvalue weighted by Gasteiger charge is -2.33. The number of hydrogen-bond donors (Lipinski definition) is 1. The van der Waals surface area contributed by atoms with E-state index in [1.807, 2.05) is 16.7 Å². The largest absolute Gasteiger partial charge is 0.476 e. The van der Waals surface area contributed by atoms with Crippen LogP contribution in [0.1, 0.15) is 59.5 Å². The number of fused-ring (bicyclic) bond motifs is 2. The van der Waals surface area contributed by atoms with E-state index in [4.69, 9.17) is 30.8 Å². The van der Waals surface area contributed by atoms with Crippen molar-refractivity contribution >= 4 is 28.7 Å². The molecule has 2 unspecified atom stereocenters. The van der Waals surface area contributed by atoms with E-state index in [1.54, 1.807) is 19.1 Å². The van der Waals surface area contributed by atoms with Crippen LogP contribution in [-0.2, 0) is 23.6 Å². The number of nitrogens with zero attached hydrogens (tertiary/aromatic N) is 5. The van der Waals surface area contributed by atoms with Gasteiger partial charge in [-0.25, -0.2) is 14.2 Å². The highest BCUT2D eigenvalue weighted by Crippen LogP contribution is 2.49. The summed E-state index contributed by atoms with van der Waals surface area (Å²) in [5.74, 6) is -0.598. The van der Waals surface area contributed by atoms with Gasteiger partial charge in [0.15, 0.2) is 22.8 Å². The van der Waals surface area contributed by atoms with Gasteiger partial charge in [0.2, 0.25) is 0 Å². The van der Waals surface area contributed by atoms with Crippen molar-refractivity contribution in [1.29, 1.82) is 0 Å². The van der Waals surface area contributed by atoms with Crippen molar-refractivity contribution < 1.29 is 28.5 Å². The Morgan fingerprint density at radius 2 is 1.95 bits per heavy atom. The van der Waals surface area contributed by atoms with E-state index in [2.05, 4.69) is 21.2 Å². The number of ether oxygens (including phenoxy) is 3.